The highest BCUT2D eigenvalue weighted by Crippen LogP contribution is 2.18. The topological polar surface area (TPSA) is 101 Å². The molecule has 2 N–H and O–H groups in total. The van der Waals surface area contributed by atoms with Crippen molar-refractivity contribution in [1.29, 1.82) is 0 Å². The van der Waals surface area contributed by atoms with Gasteiger partial charge < -0.3 is 24.9 Å². The van der Waals surface area contributed by atoms with Crippen molar-refractivity contribution < 1.29 is 24.6 Å². The van der Waals surface area contributed by atoms with E-state index in [1.165, 1.54) is 7.05 Å². The molecule has 2 amide bonds. The smallest absolute Gasteiger partial charge is 0.407 e. The van der Waals surface area contributed by atoms with Gasteiger partial charge in [-0.15, -0.1) is 0 Å². The molecule has 1 heterocycles. The number of rotatable bonds is 5. The average molecular weight is 335 g/mol. The normalized spacial score (nSPS) is 14.4. The number of carboxylic acids is 1. The summed E-state index contributed by atoms with van der Waals surface area (Å²) < 4.78 is 0. The number of carboxylic acid groups (broad SMARTS) is 2. The number of piperazine rings is 1. The first-order chi connectivity index (χ1) is 11.4. The molecule has 2 rings (SSSR count). The number of aliphatic carboxylic acids is 1. The molecule has 1 aromatic carbocycles. The van der Waals surface area contributed by atoms with Gasteiger partial charge >= 0.3 is 12.1 Å². The fourth-order valence-corrected chi connectivity index (χ4v) is 2.58. The van der Waals surface area contributed by atoms with E-state index in [-0.39, 0.29) is 18.9 Å². The molecule has 1 saturated heterocycles. The molecule has 130 valence electrons. The van der Waals surface area contributed by atoms with Crippen LogP contribution in [0.25, 0.3) is 0 Å². The number of anilines is 1. The minimum absolute atomic E-state index is 0.000343. The van der Waals surface area contributed by atoms with Crippen molar-refractivity contribution in [2.24, 2.45) is 0 Å². The maximum Gasteiger partial charge on any atom is 0.407 e. The summed E-state index contributed by atoms with van der Waals surface area (Å²) in [5, 5.41) is 17.6. The van der Waals surface area contributed by atoms with Crippen molar-refractivity contribution in [1.82, 2.24) is 9.80 Å². The summed E-state index contributed by atoms with van der Waals surface area (Å²) in [6.07, 6.45) is -1.12. The number of benzene rings is 1. The summed E-state index contributed by atoms with van der Waals surface area (Å²) in [6, 6.07) is 7.35. The maximum absolute atomic E-state index is 12.1. The Kier molecular flexibility index (Phi) is 5.62. The zero-order chi connectivity index (χ0) is 17.7. The summed E-state index contributed by atoms with van der Waals surface area (Å²) in [5.41, 5.74) is 1.73. The molecule has 8 nitrogen and oxygen atoms in total. The minimum atomic E-state index is -1.12. The first kappa shape index (κ1) is 17.6. The molecular formula is C16H21N3O5. The van der Waals surface area contributed by atoms with Crippen LogP contribution in [0.15, 0.2) is 24.3 Å². The van der Waals surface area contributed by atoms with Crippen molar-refractivity contribution in [3.63, 3.8) is 0 Å². The van der Waals surface area contributed by atoms with Crippen LogP contribution >= 0.6 is 0 Å². The van der Waals surface area contributed by atoms with E-state index in [0.29, 0.717) is 26.2 Å². The third-order valence-electron chi connectivity index (χ3n) is 3.99. The van der Waals surface area contributed by atoms with Gasteiger partial charge in [-0.2, -0.15) is 0 Å². The summed E-state index contributed by atoms with van der Waals surface area (Å²) in [5.74, 6) is -1.06. The third kappa shape index (κ3) is 4.61. The Morgan fingerprint density at radius 1 is 1.04 bits per heavy atom. The summed E-state index contributed by atoms with van der Waals surface area (Å²) in [4.78, 5) is 38.2. The fraction of sp³-hybridized carbons (Fsp3) is 0.438. The average Bonchev–Trinajstić information content (AvgIpc) is 2.55. The zero-order valence-corrected chi connectivity index (χ0v) is 13.5. The van der Waals surface area contributed by atoms with Gasteiger partial charge in [0.15, 0.2) is 0 Å². The van der Waals surface area contributed by atoms with E-state index in [0.717, 1.165) is 16.2 Å². The van der Waals surface area contributed by atoms with Gasteiger partial charge in [-0.1, -0.05) is 12.1 Å². The van der Waals surface area contributed by atoms with Crippen molar-refractivity contribution in [3.05, 3.63) is 29.8 Å². The van der Waals surface area contributed by atoms with Gasteiger partial charge in [-0.25, -0.2) is 4.79 Å². The Balaban J connectivity index is 1.87. The quantitative estimate of drug-likeness (QED) is 0.816. The molecule has 24 heavy (non-hydrogen) atoms. The molecule has 0 atom stereocenters. The highest BCUT2D eigenvalue weighted by molar-refractivity contribution is 5.82. The number of likely N-dealkylation sites (N-methyl/N-ethyl adjacent to an activating group) is 1. The highest BCUT2D eigenvalue weighted by Gasteiger charge is 2.23. The lowest BCUT2D eigenvalue weighted by Gasteiger charge is -2.36. The van der Waals surface area contributed by atoms with Crippen LogP contribution in [-0.4, -0.2) is 77.8 Å². The number of hydrogen-bond acceptors (Lipinski definition) is 4. The number of amides is 2. The molecule has 1 fully saturated rings. The molecule has 1 aliphatic heterocycles. The lowest BCUT2D eigenvalue weighted by Crippen LogP contribution is -2.51. The van der Waals surface area contributed by atoms with E-state index in [2.05, 4.69) is 4.90 Å². The van der Waals surface area contributed by atoms with E-state index in [9.17, 15) is 14.4 Å². The maximum atomic E-state index is 12.1. The second-order valence-corrected chi connectivity index (χ2v) is 5.74. The Labute approximate surface area is 139 Å². The van der Waals surface area contributed by atoms with Crippen LogP contribution in [0.5, 0.6) is 0 Å². The lowest BCUT2D eigenvalue weighted by atomic mass is 10.1. The molecule has 0 radical (unpaired) electrons. The van der Waals surface area contributed by atoms with E-state index in [1.54, 1.807) is 17.0 Å². The van der Waals surface area contributed by atoms with Crippen molar-refractivity contribution in [2.75, 3.05) is 44.7 Å². The zero-order valence-electron chi connectivity index (χ0n) is 13.5. The molecule has 8 heteroatoms. The van der Waals surface area contributed by atoms with Gasteiger partial charge in [0.05, 0.1) is 6.42 Å². The van der Waals surface area contributed by atoms with Crippen LogP contribution in [-0.2, 0) is 16.0 Å². The van der Waals surface area contributed by atoms with Crippen LogP contribution in [0.2, 0.25) is 0 Å². The SMILES string of the molecule is CN(CC(=O)N1CCN(c2ccc(CC(=O)O)cc2)CC1)C(=O)O. The summed E-state index contributed by atoms with van der Waals surface area (Å²) >= 11 is 0. The second kappa shape index (κ2) is 7.67. The predicted molar refractivity (Wildman–Crippen MR) is 87.2 cm³/mol. The summed E-state index contributed by atoms with van der Waals surface area (Å²) in [7, 11) is 1.37. The number of carbonyl (C=O) groups is 3. The third-order valence-corrected chi connectivity index (χ3v) is 3.99. The number of nitrogens with zero attached hydrogens (tertiary/aromatic N) is 3. The minimum Gasteiger partial charge on any atom is -0.481 e. The van der Waals surface area contributed by atoms with E-state index >= 15 is 0 Å². The molecule has 0 bridgehead atoms. The molecule has 0 aliphatic carbocycles. The van der Waals surface area contributed by atoms with Crippen LogP contribution in [0, 0.1) is 0 Å². The summed E-state index contributed by atoms with van der Waals surface area (Å²) in [6.45, 7) is 2.23. The number of hydrogen-bond donors (Lipinski definition) is 2. The molecule has 0 aromatic heterocycles. The van der Waals surface area contributed by atoms with E-state index < -0.39 is 12.1 Å². The van der Waals surface area contributed by atoms with Gasteiger partial charge in [0.25, 0.3) is 0 Å². The van der Waals surface area contributed by atoms with Crippen molar-refractivity contribution in [2.45, 2.75) is 6.42 Å². The van der Waals surface area contributed by atoms with Gasteiger partial charge in [0, 0.05) is 38.9 Å². The van der Waals surface area contributed by atoms with Gasteiger partial charge in [0.2, 0.25) is 5.91 Å². The molecule has 1 aliphatic rings. The molecule has 0 saturated carbocycles. The van der Waals surface area contributed by atoms with Crippen molar-refractivity contribution in [3.8, 4) is 0 Å². The first-order valence-electron chi connectivity index (χ1n) is 7.64. The van der Waals surface area contributed by atoms with E-state index in [4.69, 9.17) is 10.2 Å². The predicted octanol–water partition coefficient (Wildman–Crippen LogP) is 0.572. The Morgan fingerprint density at radius 2 is 1.62 bits per heavy atom. The molecule has 0 unspecified atom stereocenters. The fourth-order valence-electron chi connectivity index (χ4n) is 2.58. The standard InChI is InChI=1S/C16H21N3O5/c1-17(16(23)24)11-14(20)19-8-6-18(7-9-19)13-4-2-12(3-5-13)10-15(21)22/h2-5H,6-11H2,1H3,(H,21,22)(H,23,24). The van der Waals surface area contributed by atoms with E-state index in [1.807, 2.05) is 12.1 Å². The number of carbonyl (C=O) groups excluding carboxylic acids is 1. The monoisotopic (exact) mass is 335 g/mol. The second-order valence-electron chi connectivity index (χ2n) is 5.74. The lowest BCUT2D eigenvalue weighted by molar-refractivity contribution is -0.136. The van der Waals surface area contributed by atoms with Crippen LogP contribution in [0.4, 0.5) is 10.5 Å². The Hall–Kier alpha value is -2.77. The molecule has 1 aromatic rings. The van der Waals surface area contributed by atoms with Crippen LogP contribution < -0.4 is 4.90 Å². The molecular weight excluding hydrogens is 314 g/mol. The van der Waals surface area contributed by atoms with Gasteiger partial charge in [-0.3, -0.25) is 9.59 Å². The first-order valence-corrected chi connectivity index (χ1v) is 7.64. The molecule has 0 spiro atoms. The Morgan fingerprint density at radius 3 is 2.12 bits per heavy atom. The van der Waals surface area contributed by atoms with Gasteiger partial charge in [0.1, 0.15) is 6.54 Å². The Bertz CT molecular complexity index is 609. The highest BCUT2D eigenvalue weighted by atomic mass is 16.4. The largest absolute Gasteiger partial charge is 0.481 e. The van der Waals surface area contributed by atoms with Crippen molar-refractivity contribution >= 4 is 23.7 Å². The van der Waals surface area contributed by atoms with Gasteiger partial charge in [-0.05, 0) is 17.7 Å². The van der Waals surface area contributed by atoms with Crippen LogP contribution in [0.1, 0.15) is 5.56 Å². The van der Waals surface area contributed by atoms with Crippen LogP contribution in [0.3, 0.4) is 0 Å².